The molecule has 2 heterocycles. The van der Waals surface area contributed by atoms with E-state index in [0.29, 0.717) is 12.1 Å². The molecule has 2 atom stereocenters. The maximum absolute atomic E-state index is 5.12. The number of nitrogens with one attached hydrogen (secondary N) is 1. The Morgan fingerprint density at radius 2 is 0.946 bits per heavy atom. The highest BCUT2D eigenvalue weighted by molar-refractivity contribution is 8.15. The lowest BCUT2D eigenvalue weighted by Gasteiger charge is -2.15. The summed E-state index contributed by atoms with van der Waals surface area (Å²) in [4.78, 5) is 10.2. The fraction of sp³-hybridized carbons (Fsp3) is 0.188. The van der Waals surface area contributed by atoms with Crippen LogP contribution in [-0.2, 0) is 12.8 Å². The van der Waals surface area contributed by atoms with Crippen LogP contribution in [0.1, 0.15) is 22.3 Å². The summed E-state index contributed by atoms with van der Waals surface area (Å²) in [5, 5.41) is 5.98. The van der Waals surface area contributed by atoms with Crippen molar-refractivity contribution in [1.29, 1.82) is 0 Å². The Kier molecular flexibility index (Phi) is 7.42. The van der Waals surface area contributed by atoms with Gasteiger partial charge < -0.3 is 5.32 Å². The summed E-state index contributed by atoms with van der Waals surface area (Å²) in [5.41, 5.74) is 7.20. The summed E-state index contributed by atoms with van der Waals surface area (Å²) in [7, 11) is 0. The second-order valence-electron chi connectivity index (χ2n) is 9.39. The highest BCUT2D eigenvalue weighted by Crippen LogP contribution is 2.34. The standard InChI is InChI=1S/C32H29N3S2/c1-3-11-23(12-4-1)19-25-21-36-31(33-25)27-15-7-9-17-29(27)35-30-18-10-8-16-28(30)32-34-26(22-37-32)20-24-13-5-2-6-14-24/h1-18,25-26,35H,19-22H2/t25-,26-/m0/s1. The molecule has 0 saturated heterocycles. The van der Waals surface area contributed by atoms with Crippen LogP contribution >= 0.6 is 23.5 Å². The summed E-state index contributed by atoms with van der Waals surface area (Å²) >= 11 is 3.72. The molecule has 0 aliphatic carbocycles. The van der Waals surface area contributed by atoms with Gasteiger partial charge in [0.1, 0.15) is 10.1 Å². The van der Waals surface area contributed by atoms with Crippen molar-refractivity contribution in [2.75, 3.05) is 16.8 Å². The molecule has 0 unspecified atom stereocenters. The molecule has 0 aromatic heterocycles. The molecule has 4 aromatic carbocycles. The van der Waals surface area contributed by atoms with E-state index in [0.717, 1.165) is 45.8 Å². The van der Waals surface area contributed by atoms with Crippen molar-refractivity contribution in [1.82, 2.24) is 0 Å². The van der Waals surface area contributed by atoms with Gasteiger partial charge in [0.15, 0.2) is 0 Å². The zero-order valence-corrected chi connectivity index (χ0v) is 22.2. The molecule has 0 saturated carbocycles. The van der Waals surface area contributed by atoms with Crippen LogP contribution in [0.5, 0.6) is 0 Å². The molecule has 0 spiro atoms. The minimum atomic E-state index is 0.313. The van der Waals surface area contributed by atoms with Gasteiger partial charge in [-0.3, -0.25) is 9.98 Å². The zero-order chi connectivity index (χ0) is 24.9. The molecule has 6 rings (SSSR count). The molecule has 0 bridgehead atoms. The van der Waals surface area contributed by atoms with E-state index in [4.69, 9.17) is 9.98 Å². The van der Waals surface area contributed by atoms with Crippen LogP contribution in [0.15, 0.2) is 119 Å². The van der Waals surface area contributed by atoms with Gasteiger partial charge in [0.05, 0.1) is 12.1 Å². The lowest BCUT2D eigenvalue weighted by molar-refractivity contribution is 0.763. The van der Waals surface area contributed by atoms with Gasteiger partial charge in [0.25, 0.3) is 0 Å². The van der Waals surface area contributed by atoms with Gasteiger partial charge in [-0.05, 0) is 36.1 Å². The number of nitrogens with zero attached hydrogens (tertiary/aromatic N) is 2. The first kappa shape index (κ1) is 24.1. The third kappa shape index (κ3) is 5.84. The summed E-state index contributed by atoms with van der Waals surface area (Å²) in [6.07, 6.45) is 1.97. The smallest absolute Gasteiger partial charge is 0.100 e. The van der Waals surface area contributed by atoms with Crippen molar-refractivity contribution in [2.45, 2.75) is 24.9 Å². The number of anilines is 2. The third-order valence-corrected chi connectivity index (χ3v) is 8.94. The van der Waals surface area contributed by atoms with Gasteiger partial charge in [-0.1, -0.05) is 97.1 Å². The van der Waals surface area contributed by atoms with Gasteiger partial charge in [0.2, 0.25) is 0 Å². The number of hydrogen-bond donors (Lipinski definition) is 1. The molecule has 0 radical (unpaired) electrons. The van der Waals surface area contributed by atoms with Gasteiger partial charge in [-0.15, -0.1) is 23.5 Å². The number of rotatable bonds is 8. The molecular weight excluding hydrogens is 491 g/mol. The fourth-order valence-electron chi connectivity index (χ4n) is 4.81. The summed E-state index contributed by atoms with van der Waals surface area (Å²) in [5.74, 6) is 2.04. The number of aliphatic imine (C=N–C) groups is 2. The van der Waals surface area contributed by atoms with E-state index < -0.39 is 0 Å². The molecule has 37 heavy (non-hydrogen) atoms. The lowest BCUT2D eigenvalue weighted by Crippen LogP contribution is -2.08. The normalized spacial score (nSPS) is 18.9. The van der Waals surface area contributed by atoms with E-state index in [-0.39, 0.29) is 0 Å². The zero-order valence-electron chi connectivity index (χ0n) is 20.6. The van der Waals surface area contributed by atoms with E-state index in [1.165, 1.54) is 22.3 Å². The number of para-hydroxylation sites is 2. The Labute approximate surface area is 227 Å². The van der Waals surface area contributed by atoms with Crippen molar-refractivity contribution in [2.24, 2.45) is 9.98 Å². The molecule has 0 fully saturated rings. The van der Waals surface area contributed by atoms with Crippen LogP contribution in [0.2, 0.25) is 0 Å². The van der Waals surface area contributed by atoms with Crippen LogP contribution in [-0.4, -0.2) is 33.7 Å². The average molecular weight is 520 g/mol. The average Bonchev–Trinajstić information content (AvgIpc) is 3.60. The van der Waals surface area contributed by atoms with Crippen LogP contribution < -0.4 is 5.32 Å². The number of thioether (sulfide) groups is 2. The fourth-order valence-corrected chi connectivity index (χ4v) is 7.01. The maximum atomic E-state index is 5.12. The predicted octanol–water partition coefficient (Wildman–Crippen LogP) is 7.64. The van der Waals surface area contributed by atoms with Crippen LogP contribution in [0.4, 0.5) is 11.4 Å². The first-order chi connectivity index (χ1) is 18.3. The Bertz CT molecular complexity index is 1310. The summed E-state index contributed by atoms with van der Waals surface area (Å²) in [6, 6.07) is 39.0. The molecule has 0 amide bonds. The van der Waals surface area contributed by atoms with Gasteiger partial charge >= 0.3 is 0 Å². The summed E-state index contributed by atoms with van der Waals surface area (Å²) in [6.45, 7) is 0. The van der Waals surface area contributed by atoms with Crippen LogP contribution in [0, 0.1) is 0 Å². The Hall–Kier alpha value is -3.28. The molecule has 5 heteroatoms. The van der Waals surface area contributed by atoms with Gasteiger partial charge in [-0.25, -0.2) is 0 Å². The first-order valence-corrected chi connectivity index (χ1v) is 14.7. The quantitative estimate of drug-likeness (QED) is 0.260. The van der Waals surface area contributed by atoms with Crippen molar-refractivity contribution in [3.8, 4) is 0 Å². The van der Waals surface area contributed by atoms with E-state index in [1.54, 1.807) is 0 Å². The van der Waals surface area contributed by atoms with Crippen molar-refractivity contribution >= 4 is 45.0 Å². The maximum Gasteiger partial charge on any atom is 0.100 e. The van der Waals surface area contributed by atoms with Crippen LogP contribution in [0.3, 0.4) is 0 Å². The number of benzene rings is 4. The van der Waals surface area contributed by atoms with E-state index in [9.17, 15) is 0 Å². The molecule has 3 nitrogen and oxygen atoms in total. The SMILES string of the molecule is c1ccc(C[C@H]2CSC(c3ccccc3Nc3ccccc3C3=N[C@@H](Cc4ccccc4)CS3)=N2)cc1. The van der Waals surface area contributed by atoms with Gasteiger partial charge in [0, 0.05) is 34.0 Å². The summed E-state index contributed by atoms with van der Waals surface area (Å²) < 4.78 is 0. The second-order valence-corrected chi connectivity index (χ2v) is 11.4. The Balaban J connectivity index is 1.22. The van der Waals surface area contributed by atoms with Crippen molar-refractivity contribution in [3.05, 3.63) is 131 Å². The minimum absolute atomic E-state index is 0.313. The topological polar surface area (TPSA) is 36.8 Å². The molecule has 2 aliphatic rings. The van der Waals surface area contributed by atoms with Crippen molar-refractivity contribution in [3.63, 3.8) is 0 Å². The molecule has 184 valence electrons. The molecule has 1 N–H and O–H groups in total. The highest BCUT2D eigenvalue weighted by Gasteiger charge is 2.24. The second kappa shape index (κ2) is 11.4. The highest BCUT2D eigenvalue weighted by atomic mass is 32.2. The predicted molar refractivity (Wildman–Crippen MR) is 162 cm³/mol. The number of hydrogen-bond acceptors (Lipinski definition) is 5. The third-order valence-electron chi connectivity index (χ3n) is 6.64. The van der Waals surface area contributed by atoms with Gasteiger partial charge in [-0.2, -0.15) is 0 Å². The first-order valence-electron chi connectivity index (χ1n) is 12.8. The molecular formula is C32H29N3S2. The lowest BCUT2D eigenvalue weighted by atomic mass is 10.1. The van der Waals surface area contributed by atoms with E-state index in [2.05, 4.69) is 115 Å². The Morgan fingerprint density at radius 1 is 0.541 bits per heavy atom. The largest absolute Gasteiger partial charge is 0.354 e. The van der Waals surface area contributed by atoms with E-state index in [1.807, 2.05) is 23.5 Å². The minimum Gasteiger partial charge on any atom is -0.354 e. The van der Waals surface area contributed by atoms with Crippen molar-refractivity contribution < 1.29 is 0 Å². The molecule has 2 aliphatic heterocycles. The molecule has 4 aromatic rings. The Morgan fingerprint density at radius 3 is 1.41 bits per heavy atom. The van der Waals surface area contributed by atoms with E-state index >= 15 is 0 Å². The monoisotopic (exact) mass is 519 g/mol. The van der Waals surface area contributed by atoms with Crippen LogP contribution in [0.25, 0.3) is 0 Å².